The van der Waals surface area contributed by atoms with E-state index in [1.165, 1.54) is 0 Å². The lowest BCUT2D eigenvalue weighted by atomic mass is 10.2. The maximum Gasteiger partial charge on any atom is 0.255 e. The summed E-state index contributed by atoms with van der Waals surface area (Å²) in [6.45, 7) is 3.85. The number of methoxy groups -OCH3 is 1. The average molecular weight is 308 g/mol. The molecule has 0 spiro atoms. The zero-order valence-electron chi connectivity index (χ0n) is 13.2. The van der Waals surface area contributed by atoms with Gasteiger partial charge in [0.1, 0.15) is 12.4 Å². The quantitative estimate of drug-likeness (QED) is 0.754. The molecule has 1 saturated heterocycles. The van der Waals surface area contributed by atoms with Crippen molar-refractivity contribution < 1.29 is 19.0 Å². The second-order valence-electron chi connectivity index (χ2n) is 5.30. The van der Waals surface area contributed by atoms with Crippen molar-refractivity contribution in [2.75, 3.05) is 53.6 Å². The molecule has 0 aliphatic carbocycles. The summed E-state index contributed by atoms with van der Waals surface area (Å²) in [6.07, 6.45) is 0.0317. The summed E-state index contributed by atoms with van der Waals surface area (Å²) < 4.78 is 16.2. The van der Waals surface area contributed by atoms with Crippen LogP contribution < -0.4 is 10.1 Å². The Balaban J connectivity index is 1.88. The van der Waals surface area contributed by atoms with Gasteiger partial charge >= 0.3 is 0 Å². The van der Waals surface area contributed by atoms with E-state index in [1.807, 2.05) is 12.1 Å². The van der Waals surface area contributed by atoms with E-state index in [2.05, 4.69) is 17.3 Å². The lowest BCUT2D eigenvalue weighted by Gasteiger charge is -2.30. The molecule has 1 aliphatic heterocycles. The molecular formula is C16H24N2O4. The minimum Gasteiger partial charge on any atom is -0.490 e. The van der Waals surface area contributed by atoms with Gasteiger partial charge < -0.3 is 24.4 Å². The smallest absolute Gasteiger partial charge is 0.255 e. The Morgan fingerprint density at radius 3 is 3.00 bits per heavy atom. The van der Waals surface area contributed by atoms with Crippen molar-refractivity contribution >= 4 is 5.91 Å². The summed E-state index contributed by atoms with van der Waals surface area (Å²) in [7, 11) is 3.67. The summed E-state index contributed by atoms with van der Waals surface area (Å²) in [5.41, 5.74) is 0.530. The van der Waals surface area contributed by atoms with Gasteiger partial charge in [-0.25, -0.2) is 0 Å². The first-order chi connectivity index (χ1) is 10.7. The molecule has 1 fully saturated rings. The number of carbonyl (C=O) groups is 1. The third-order valence-electron chi connectivity index (χ3n) is 3.51. The number of nitrogens with one attached hydrogen (secondary N) is 1. The van der Waals surface area contributed by atoms with Crippen molar-refractivity contribution in [3.8, 4) is 5.75 Å². The highest BCUT2D eigenvalue weighted by atomic mass is 16.5. The first kappa shape index (κ1) is 16.7. The van der Waals surface area contributed by atoms with Crippen LogP contribution in [0.25, 0.3) is 0 Å². The van der Waals surface area contributed by atoms with E-state index in [1.54, 1.807) is 19.2 Å². The second-order valence-corrected chi connectivity index (χ2v) is 5.30. The van der Waals surface area contributed by atoms with Gasteiger partial charge in [0.05, 0.1) is 24.9 Å². The number of hydrogen-bond donors (Lipinski definition) is 1. The Labute approximate surface area is 131 Å². The Morgan fingerprint density at radius 1 is 1.41 bits per heavy atom. The molecule has 1 heterocycles. The zero-order valence-corrected chi connectivity index (χ0v) is 13.2. The minimum atomic E-state index is -0.148. The van der Waals surface area contributed by atoms with E-state index >= 15 is 0 Å². The molecule has 1 aliphatic rings. The van der Waals surface area contributed by atoms with Gasteiger partial charge in [-0.2, -0.15) is 0 Å². The fourth-order valence-corrected chi connectivity index (χ4v) is 2.31. The third-order valence-corrected chi connectivity index (χ3v) is 3.51. The van der Waals surface area contributed by atoms with Crippen LogP contribution in [0.5, 0.6) is 5.75 Å². The predicted octanol–water partition coefficient (Wildman–Crippen LogP) is 0.772. The van der Waals surface area contributed by atoms with Gasteiger partial charge in [0.2, 0.25) is 0 Å². The molecular weight excluding hydrogens is 284 g/mol. The van der Waals surface area contributed by atoms with Gasteiger partial charge in [-0.1, -0.05) is 12.1 Å². The first-order valence-corrected chi connectivity index (χ1v) is 7.50. The van der Waals surface area contributed by atoms with Crippen molar-refractivity contribution in [2.45, 2.75) is 6.10 Å². The van der Waals surface area contributed by atoms with Crippen LogP contribution in [0.15, 0.2) is 24.3 Å². The monoisotopic (exact) mass is 308 g/mol. The Bertz CT molecular complexity index is 481. The SMILES string of the molecule is COCCOc1ccccc1C(=O)NC[C@H]1CN(C)CCO1. The number of nitrogens with zero attached hydrogens (tertiary/aromatic N) is 1. The van der Waals surface area contributed by atoms with Crippen LogP contribution in [-0.4, -0.2) is 70.5 Å². The van der Waals surface area contributed by atoms with Crippen LogP contribution in [0.4, 0.5) is 0 Å². The molecule has 0 unspecified atom stereocenters. The summed E-state index contributed by atoms with van der Waals surface area (Å²) >= 11 is 0. The minimum absolute atomic E-state index is 0.0317. The molecule has 1 N–H and O–H groups in total. The number of para-hydroxylation sites is 1. The number of amides is 1. The second kappa shape index (κ2) is 8.73. The molecule has 0 radical (unpaired) electrons. The van der Waals surface area contributed by atoms with E-state index in [0.29, 0.717) is 37.7 Å². The molecule has 122 valence electrons. The van der Waals surface area contributed by atoms with Crippen molar-refractivity contribution in [3.63, 3.8) is 0 Å². The summed E-state index contributed by atoms with van der Waals surface area (Å²) in [5, 5.41) is 2.92. The van der Waals surface area contributed by atoms with Crippen LogP contribution in [0.2, 0.25) is 0 Å². The van der Waals surface area contributed by atoms with Crippen molar-refractivity contribution in [3.05, 3.63) is 29.8 Å². The number of carbonyl (C=O) groups excluding carboxylic acids is 1. The number of likely N-dealkylation sites (N-methyl/N-ethyl adjacent to an activating group) is 1. The highest BCUT2D eigenvalue weighted by Gasteiger charge is 2.19. The van der Waals surface area contributed by atoms with Gasteiger partial charge in [-0.15, -0.1) is 0 Å². The maximum atomic E-state index is 12.3. The Kier molecular flexibility index (Phi) is 6.64. The molecule has 6 nitrogen and oxygen atoms in total. The first-order valence-electron chi connectivity index (χ1n) is 7.50. The van der Waals surface area contributed by atoms with Gasteiger partial charge in [0.25, 0.3) is 5.91 Å². The van der Waals surface area contributed by atoms with Crippen LogP contribution in [0.3, 0.4) is 0 Å². The summed E-state index contributed by atoms with van der Waals surface area (Å²) in [4.78, 5) is 14.5. The average Bonchev–Trinajstić information content (AvgIpc) is 2.53. The lowest BCUT2D eigenvalue weighted by Crippen LogP contribution is -2.45. The molecule has 1 aromatic carbocycles. The molecule has 1 amide bonds. The van der Waals surface area contributed by atoms with Crippen LogP contribution >= 0.6 is 0 Å². The van der Waals surface area contributed by atoms with Gasteiger partial charge in [0, 0.05) is 26.7 Å². The fraction of sp³-hybridized carbons (Fsp3) is 0.562. The maximum absolute atomic E-state index is 12.3. The number of ether oxygens (including phenoxy) is 3. The van der Waals surface area contributed by atoms with Crippen LogP contribution in [0, 0.1) is 0 Å². The van der Waals surface area contributed by atoms with E-state index < -0.39 is 0 Å². The largest absolute Gasteiger partial charge is 0.490 e. The molecule has 0 saturated carbocycles. The number of morpholine rings is 1. The Morgan fingerprint density at radius 2 is 2.23 bits per heavy atom. The van der Waals surface area contributed by atoms with Crippen LogP contribution in [-0.2, 0) is 9.47 Å². The number of hydrogen-bond acceptors (Lipinski definition) is 5. The topological polar surface area (TPSA) is 60.0 Å². The highest BCUT2D eigenvalue weighted by molar-refractivity contribution is 5.96. The molecule has 0 bridgehead atoms. The van der Waals surface area contributed by atoms with Gasteiger partial charge in [-0.05, 0) is 19.2 Å². The molecule has 0 aromatic heterocycles. The molecule has 2 rings (SSSR count). The van der Waals surface area contributed by atoms with E-state index in [-0.39, 0.29) is 12.0 Å². The zero-order chi connectivity index (χ0) is 15.8. The standard InChI is InChI=1S/C16H24N2O4/c1-18-7-8-21-13(12-18)11-17-16(19)14-5-3-4-6-15(14)22-10-9-20-2/h3-6,13H,7-12H2,1-2H3,(H,17,19)/t13-/m0/s1. The normalized spacial score (nSPS) is 18.9. The Hall–Kier alpha value is -1.63. The van der Waals surface area contributed by atoms with Gasteiger partial charge in [-0.3, -0.25) is 4.79 Å². The van der Waals surface area contributed by atoms with Crippen molar-refractivity contribution in [2.24, 2.45) is 0 Å². The molecule has 1 atom stereocenters. The molecule has 1 aromatic rings. The lowest BCUT2D eigenvalue weighted by molar-refractivity contribution is -0.0175. The van der Waals surface area contributed by atoms with E-state index in [0.717, 1.165) is 13.1 Å². The van der Waals surface area contributed by atoms with Crippen molar-refractivity contribution in [1.29, 1.82) is 0 Å². The van der Waals surface area contributed by atoms with Gasteiger partial charge in [0.15, 0.2) is 0 Å². The third kappa shape index (κ3) is 4.98. The molecule has 22 heavy (non-hydrogen) atoms. The van der Waals surface area contributed by atoms with E-state index in [4.69, 9.17) is 14.2 Å². The molecule has 6 heteroatoms. The fourth-order valence-electron chi connectivity index (χ4n) is 2.31. The number of rotatable bonds is 7. The number of benzene rings is 1. The van der Waals surface area contributed by atoms with Crippen LogP contribution in [0.1, 0.15) is 10.4 Å². The highest BCUT2D eigenvalue weighted by Crippen LogP contribution is 2.17. The van der Waals surface area contributed by atoms with Crippen molar-refractivity contribution in [1.82, 2.24) is 10.2 Å². The predicted molar refractivity (Wildman–Crippen MR) is 83.4 cm³/mol. The summed E-state index contributed by atoms with van der Waals surface area (Å²) in [5.74, 6) is 0.420. The summed E-state index contributed by atoms with van der Waals surface area (Å²) in [6, 6.07) is 7.21. The van der Waals surface area contributed by atoms with E-state index in [9.17, 15) is 4.79 Å².